The van der Waals surface area contributed by atoms with Crippen LogP contribution in [0.2, 0.25) is 0 Å². The first-order valence-corrected chi connectivity index (χ1v) is 6.87. The molecule has 114 valence electrons. The lowest BCUT2D eigenvalue weighted by atomic mass is 9.81. The molecule has 0 spiro atoms. The first-order valence-electron chi connectivity index (χ1n) is 6.87. The normalized spacial score (nSPS) is 17.1. The van der Waals surface area contributed by atoms with E-state index in [1.54, 1.807) is 0 Å². The Morgan fingerprint density at radius 3 is 2.05 bits per heavy atom. The summed E-state index contributed by atoms with van der Waals surface area (Å²) in [6, 6.07) is 3.61. The third-order valence-electron chi connectivity index (χ3n) is 4.04. The number of phenolic OH excluding ortho intramolecular Hbond substituents is 1. The van der Waals surface area contributed by atoms with Gasteiger partial charge in [0, 0.05) is 6.04 Å². The van der Waals surface area contributed by atoms with Crippen LogP contribution in [0.3, 0.4) is 0 Å². The van der Waals surface area contributed by atoms with Crippen LogP contribution in [0.4, 0.5) is 0 Å². The van der Waals surface area contributed by atoms with E-state index < -0.39 is 0 Å². The maximum Gasteiger partial charge on any atom is 0.200 e. The Balaban J connectivity index is 0.00000200. The zero-order valence-corrected chi connectivity index (χ0v) is 12.9. The Labute approximate surface area is 126 Å². The number of hydrogen-bond donors (Lipinski definition) is 2. The van der Waals surface area contributed by atoms with Crippen molar-refractivity contribution in [2.75, 3.05) is 14.2 Å². The van der Waals surface area contributed by atoms with Crippen LogP contribution in [0.25, 0.3) is 0 Å². The van der Waals surface area contributed by atoms with Gasteiger partial charge in [0.1, 0.15) is 0 Å². The predicted molar refractivity (Wildman–Crippen MR) is 82.0 cm³/mol. The molecule has 0 amide bonds. The second kappa shape index (κ2) is 7.60. The minimum atomic E-state index is -0.0244. The topological polar surface area (TPSA) is 64.7 Å². The van der Waals surface area contributed by atoms with E-state index in [2.05, 4.69) is 0 Å². The van der Waals surface area contributed by atoms with Gasteiger partial charge in [0.2, 0.25) is 5.75 Å². The molecule has 0 unspecified atom stereocenters. The summed E-state index contributed by atoms with van der Waals surface area (Å²) in [4.78, 5) is 0. The van der Waals surface area contributed by atoms with Crippen molar-refractivity contribution in [1.29, 1.82) is 0 Å². The molecule has 1 saturated carbocycles. The van der Waals surface area contributed by atoms with Crippen LogP contribution in [0, 0.1) is 5.92 Å². The molecule has 1 atom stereocenters. The van der Waals surface area contributed by atoms with Gasteiger partial charge >= 0.3 is 0 Å². The average Bonchev–Trinajstić information content (AvgIpc) is 2.47. The van der Waals surface area contributed by atoms with Crippen LogP contribution in [0.1, 0.15) is 43.7 Å². The van der Waals surface area contributed by atoms with Crippen molar-refractivity contribution in [3.05, 3.63) is 17.7 Å². The van der Waals surface area contributed by atoms with Gasteiger partial charge in [0.15, 0.2) is 11.5 Å². The largest absolute Gasteiger partial charge is 0.502 e. The Hall–Kier alpha value is -1.13. The van der Waals surface area contributed by atoms with Crippen LogP contribution in [-0.2, 0) is 0 Å². The number of nitrogens with two attached hydrogens (primary N) is 1. The summed E-state index contributed by atoms with van der Waals surface area (Å²) in [5, 5.41) is 9.91. The highest BCUT2D eigenvalue weighted by atomic mass is 35.5. The number of halogens is 1. The smallest absolute Gasteiger partial charge is 0.200 e. The van der Waals surface area contributed by atoms with Crippen molar-refractivity contribution < 1.29 is 14.6 Å². The number of aromatic hydroxyl groups is 1. The van der Waals surface area contributed by atoms with Gasteiger partial charge in [-0.1, -0.05) is 19.3 Å². The lowest BCUT2D eigenvalue weighted by Gasteiger charge is -2.28. The molecule has 0 heterocycles. The minimum Gasteiger partial charge on any atom is -0.502 e. The van der Waals surface area contributed by atoms with Gasteiger partial charge in [-0.15, -0.1) is 12.4 Å². The molecule has 0 saturated heterocycles. The number of benzene rings is 1. The van der Waals surface area contributed by atoms with E-state index >= 15 is 0 Å². The quantitative estimate of drug-likeness (QED) is 0.894. The summed E-state index contributed by atoms with van der Waals surface area (Å²) in [7, 11) is 3.06. The van der Waals surface area contributed by atoms with Gasteiger partial charge < -0.3 is 20.3 Å². The fourth-order valence-corrected chi connectivity index (χ4v) is 2.87. The molecule has 0 aliphatic heterocycles. The van der Waals surface area contributed by atoms with Crippen LogP contribution in [0.5, 0.6) is 17.2 Å². The predicted octanol–water partition coefficient (Wildman–Crippen LogP) is 3.41. The van der Waals surface area contributed by atoms with Crippen molar-refractivity contribution in [2.45, 2.75) is 38.1 Å². The molecule has 0 radical (unpaired) electrons. The fraction of sp³-hybridized carbons (Fsp3) is 0.600. The third-order valence-corrected chi connectivity index (χ3v) is 4.04. The first kappa shape index (κ1) is 16.9. The van der Waals surface area contributed by atoms with Crippen molar-refractivity contribution in [1.82, 2.24) is 0 Å². The van der Waals surface area contributed by atoms with Crippen molar-refractivity contribution in [3.8, 4) is 17.2 Å². The van der Waals surface area contributed by atoms with Gasteiger partial charge in [0.05, 0.1) is 14.2 Å². The Bertz CT molecular complexity index is 408. The Morgan fingerprint density at radius 1 is 1.10 bits per heavy atom. The molecule has 1 fully saturated rings. The fourth-order valence-electron chi connectivity index (χ4n) is 2.87. The monoisotopic (exact) mass is 301 g/mol. The molecule has 3 N–H and O–H groups in total. The highest BCUT2D eigenvalue weighted by Gasteiger charge is 2.24. The summed E-state index contributed by atoms with van der Waals surface area (Å²) in [5.41, 5.74) is 7.34. The van der Waals surface area contributed by atoms with E-state index in [9.17, 15) is 5.11 Å². The molecule has 1 aromatic rings. The lowest BCUT2D eigenvalue weighted by molar-refractivity contribution is 0.304. The molecular formula is C15H24ClNO3. The number of ether oxygens (including phenoxy) is 2. The van der Waals surface area contributed by atoms with E-state index in [0.717, 1.165) is 5.56 Å². The standard InChI is InChI=1S/C15H23NO3.ClH/c1-18-12-8-11(9-13(19-2)15(12)17)14(16)10-6-4-3-5-7-10;/h8-10,14,17H,3-7,16H2,1-2H3;1H/t14-;/m0./s1. The molecule has 4 nitrogen and oxygen atoms in total. The summed E-state index contributed by atoms with van der Waals surface area (Å²) in [6.07, 6.45) is 6.17. The van der Waals surface area contributed by atoms with E-state index in [1.807, 2.05) is 12.1 Å². The van der Waals surface area contributed by atoms with Crippen LogP contribution in [-0.4, -0.2) is 19.3 Å². The SMILES string of the molecule is COc1cc([C@@H](N)C2CCCCC2)cc(OC)c1O.Cl. The molecule has 0 aromatic heterocycles. The zero-order chi connectivity index (χ0) is 13.8. The Kier molecular flexibility index (Phi) is 6.43. The van der Waals surface area contributed by atoms with E-state index in [-0.39, 0.29) is 24.2 Å². The van der Waals surface area contributed by atoms with Crippen molar-refractivity contribution in [3.63, 3.8) is 0 Å². The van der Waals surface area contributed by atoms with Gasteiger partial charge in [-0.3, -0.25) is 0 Å². The maximum absolute atomic E-state index is 9.91. The molecule has 1 aliphatic carbocycles. The molecule has 20 heavy (non-hydrogen) atoms. The summed E-state index contributed by atoms with van der Waals surface area (Å²) < 4.78 is 10.4. The van der Waals surface area contributed by atoms with Crippen molar-refractivity contribution >= 4 is 12.4 Å². The van der Waals surface area contributed by atoms with E-state index in [1.165, 1.54) is 46.3 Å². The second-order valence-electron chi connectivity index (χ2n) is 5.20. The molecule has 5 heteroatoms. The van der Waals surface area contributed by atoms with Crippen LogP contribution >= 0.6 is 12.4 Å². The number of rotatable bonds is 4. The van der Waals surface area contributed by atoms with Gasteiger partial charge in [-0.05, 0) is 36.5 Å². The van der Waals surface area contributed by atoms with Crippen LogP contribution in [0.15, 0.2) is 12.1 Å². The molecule has 1 aliphatic rings. The Morgan fingerprint density at radius 2 is 1.60 bits per heavy atom. The van der Waals surface area contributed by atoms with Gasteiger partial charge in [-0.2, -0.15) is 0 Å². The molecule has 1 aromatic carbocycles. The lowest BCUT2D eigenvalue weighted by Crippen LogP contribution is -2.23. The van der Waals surface area contributed by atoms with Gasteiger partial charge in [-0.25, -0.2) is 0 Å². The van der Waals surface area contributed by atoms with Crippen molar-refractivity contribution in [2.24, 2.45) is 11.7 Å². The highest BCUT2D eigenvalue weighted by molar-refractivity contribution is 5.85. The summed E-state index contributed by atoms with van der Waals surface area (Å²) in [5.74, 6) is 1.37. The van der Waals surface area contributed by atoms with Gasteiger partial charge in [0.25, 0.3) is 0 Å². The number of methoxy groups -OCH3 is 2. The summed E-state index contributed by atoms with van der Waals surface area (Å²) >= 11 is 0. The number of hydrogen-bond acceptors (Lipinski definition) is 4. The molecule has 2 rings (SSSR count). The third kappa shape index (κ3) is 3.49. The number of phenols is 1. The molecule has 0 bridgehead atoms. The van der Waals surface area contributed by atoms with E-state index in [0.29, 0.717) is 17.4 Å². The van der Waals surface area contributed by atoms with E-state index in [4.69, 9.17) is 15.2 Å². The second-order valence-corrected chi connectivity index (χ2v) is 5.20. The highest BCUT2D eigenvalue weighted by Crippen LogP contribution is 2.41. The first-order chi connectivity index (χ1) is 9.17. The van der Waals surface area contributed by atoms with Crippen LogP contribution < -0.4 is 15.2 Å². The average molecular weight is 302 g/mol. The summed E-state index contributed by atoms with van der Waals surface area (Å²) in [6.45, 7) is 0. The zero-order valence-electron chi connectivity index (χ0n) is 12.1. The molecular weight excluding hydrogens is 278 g/mol. The maximum atomic E-state index is 9.91. The minimum absolute atomic E-state index is 0.